The number of hydrogen-bond acceptors (Lipinski definition) is 3. The quantitative estimate of drug-likeness (QED) is 0.206. The van der Waals surface area contributed by atoms with E-state index in [2.05, 4.69) is 15.6 Å². The first-order chi connectivity index (χ1) is 12.1. The molecule has 0 radical (unpaired) electrons. The van der Waals surface area contributed by atoms with Crippen LogP contribution >= 0.6 is 24.0 Å². The predicted molar refractivity (Wildman–Crippen MR) is 108 cm³/mol. The summed E-state index contributed by atoms with van der Waals surface area (Å²) in [5.41, 5.74) is 0.225. The number of carbonyl (C=O) groups is 1. The van der Waals surface area contributed by atoms with Gasteiger partial charge in [-0.3, -0.25) is 9.79 Å². The van der Waals surface area contributed by atoms with Crippen LogP contribution < -0.4 is 10.6 Å². The van der Waals surface area contributed by atoms with Crippen LogP contribution in [0.4, 0.5) is 8.78 Å². The third kappa shape index (κ3) is 7.84. The molecule has 1 aliphatic carbocycles. The SMILES string of the molecule is CN=C(NCCCC(=O)OC1CCCC1)NCc1cc(F)ccc1F.I. The maximum absolute atomic E-state index is 13.6. The average Bonchev–Trinajstić information content (AvgIpc) is 3.10. The standard InChI is InChI=1S/C18H25F2N3O2.HI/c1-21-18(23-12-13-11-14(19)8-9-16(13)20)22-10-4-7-17(24)25-15-5-2-3-6-15;/h8-9,11,15H,2-7,10,12H2,1H3,(H2,21,22,23);1H. The lowest BCUT2D eigenvalue weighted by Gasteiger charge is -2.13. The minimum absolute atomic E-state index is 0. The Morgan fingerprint density at radius 3 is 2.69 bits per heavy atom. The number of carbonyl (C=O) groups excluding carboxylic acids is 1. The van der Waals surface area contributed by atoms with Crippen LogP contribution in [0.3, 0.4) is 0 Å². The second kappa shape index (κ2) is 12.0. The van der Waals surface area contributed by atoms with Crippen LogP contribution in [0.15, 0.2) is 23.2 Å². The fourth-order valence-corrected chi connectivity index (χ4v) is 2.77. The Balaban J connectivity index is 0.00000338. The minimum atomic E-state index is -0.484. The van der Waals surface area contributed by atoms with Crippen molar-refractivity contribution in [3.8, 4) is 0 Å². The van der Waals surface area contributed by atoms with E-state index in [1.165, 1.54) is 0 Å². The van der Waals surface area contributed by atoms with Gasteiger partial charge in [-0.1, -0.05) is 0 Å². The number of halogens is 3. The van der Waals surface area contributed by atoms with Gasteiger partial charge < -0.3 is 15.4 Å². The average molecular weight is 481 g/mol. The molecule has 5 nitrogen and oxygen atoms in total. The van der Waals surface area contributed by atoms with Gasteiger partial charge >= 0.3 is 5.97 Å². The normalized spacial score (nSPS) is 14.7. The molecule has 0 spiro atoms. The van der Waals surface area contributed by atoms with Crippen LogP contribution in [0.25, 0.3) is 0 Å². The van der Waals surface area contributed by atoms with Crippen molar-refractivity contribution in [2.24, 2.45) is 4.99 Å². The van der Waals surface area contributed by atoms with Crippen LogP contribution in [-0.4, -0.2) is 31.6 Å². The summed E-state index contributed by atoms with van der Waals surface area (Å²) in [6, 6.07) is 3.32. The van der Waals surface area contributed by atoms with Gasteiger partial charge in [-0.25, -0.2) is 8.78 Å². The molecular formula is C18H26F2IN3O2. The molecular weight excluding hydrogens is 455 g/mol. The second-order valence-electron chi connectivity index (χ2n) is 6.09. The largest absolute Gasteiger partial charge is 0.462 e. The summed E-state index contributed by atoms with van der Waals surface area (Å²) < 4.78 is 32.1. The monoisotopic (exact) mass is 481 g/mol. The summed E-state index contributed by atoms with van der Waals surface area (Å²) >= 11 is 0. The van der Waals surface area contributed by atoms with Crippen molar-refractivity contribution in [2.75, 3.05) is 13.6 Å². The summed E-state index contributed by atoms with van der Waals surface area (Å²) in [6.45, 7) is 0.651. The van der Waals surface area contributed by atoms with E-state index in [1.54, 1.807) is 7.05 Å². The van der Waals surface area contributed by atoms with Gasteiger partial charge in [0.25, 0.3) is 0 Å². The molecule has 0 amide bonds. The Bertz CT molecular complexity index is 608. The van der Waals surface area contributed by atoms with Crippen LogP contribution in [-0.2, 0) is 16.1 Å². The van der Waals surface area contributed by atoms with Gasteiger partial charge in [0.2, 0.25) is 0 Å². The van der Waals surface area contributed by atoms with Gasteiger partial charge in [0.05, 0.1) is 0 Å². The molecule has 1 aliphatic rings. The number of esters is 1. The Labute approximate surface area is 170 Å². The first-order valence-electron chi connectivity index (χ1n) is 8.66. The van der Waals surface area contributed by atoms with Crippen molar-refractivity contribution in [1.82, 2.24) is 10.6 Å². The summed E-state index contributed by atoms with van der Waals surface area (Å²) in [7, 11) is 1.59. The van der Waals surface area contributed by atoms with Gasteiger partial charge in [0.15, 0.2) is 5.96 Å². The molecule has 0 atom stereocenters. The number of guanidine groups is 1. The van der Waals surface area contributed by atoms with Crippen molar-refractivity contribution in [3.05, 3.63) is 35.4 Å². The third-order valence-corrected chi connectivity index (χ3v) is 4.13. The van der Waals surface area contributed by atoms with Gasteiger partial charge in [0.1, 0.15) is 17.7 Å². The van der Waals surface area contributed by atoms with Crippen molar-refractivity contribution < 1.29 is 18.3 Å². The van der Waals surface area contributed by atoms with Crippen LogP contribution in [0.1, 0.15) is 44.1 Å². The van der Waals surface area contributed by atoms with Crippen LogP contribution in [0.2, 0.25) is 0 Å². The molecule has 0 saturated heterocycles. The summed E-state index contributed by atoms with van der Waals surface area (Å²) in [5, 5.41) is 5.95. The Morgan fingerprint density at radius 2 is 2.00 bits per heavy atom. The van der Waals surface area contributed by atoms with Gasteiger partial charge in [0, 0.05) is 32.1 Å². The van der Waals surface area contributed by atoms with Gasteiger partial charge in [-0.05, 0) is 50.3 Å². The number of benzene rings is 1. The summed E-state index contributed by atoms with van der Waals surface area (Å²) in [6.07, 6.45) is 5.26. The van der Waals surface area contributed by atoms with Gasteiger partial charge in [-0.15, -0.1) is 24.0 Å². The molecule has 0 aromatic heterocycles. The van der Waals surface area contributed by atoms with Crippen LogP contribution in [0, 0.1) is 11.6 Å². The highest BCUT2D eigenvalue weighted by atomic mass is 127. The second-order valence-corrected chi connectivity index (χ2v) is 6.09. The molecule has 2 rings (SSSR count). The molecule has 0 unspecified atom stereocenters. The first-order valence-corrected chi connectivity index (χ1v) is 8.66. The molecule has 0 heterocycles. The number of ether oxygens (including phenoxy) is 1. The van der Waals surface area contributed by atoms with E-state index in [0.29, 0.717) is 25.3 Å². The molecule has 1 saturated carbocycles. The zero-order valence-corrected chi connectivity index (χ0v) is 17.2. The highest BCUT2D eigenvalue weighted by Crippen LogP contribution is 2.21. The lowest BCUT2D eigenvalue weighted by molar-refractivity contribution is -0.148. The third-order valence-electron chi connectivity index (χ3n) is 4.13. The summed E-state index contributed by atoms with van der Waals surface area (Å²) in [5.74, 6) is -0.660. The van der Waals surface area contributed by atoms with E-state index >= 15 is 0 Å². The molecule has 1 fully saturated rings. The number of aliphatic imine (C=N–C) groups is 1. The van der Waals surface area contributed by atoms with E-state index in [1.807, 2.05) is 0 Å². The van der Waals surface area contributed by atoms with Crippen molar-refractivity contribution in [3.63, 3.8) is 0 Å². The molecule has 0 aliphatic heterocycles. The zero-order valence-electron chi connectivity index (χ0n) is 14.9. The molecule has 1 aromatic carbocycles. The Hall–Kier alpha value is -1.45. The lowest BCUT2D eigenvalue weighted by atomic mass is 10.2. The van der Waals surface area contributed by atoms with Crippen molar-refractivity contribution in [1.29, 1.82) is 0 Å². The molecule has 2 N–H and O–H groups in total. The van der Waals surface area contributed by atoms with E-state index < -0.39 is 11.6 Å². The van der Waals surface area contributed by atoms with Crippen molar-refractivity contribution in [2.45, 2.75) is 51.2 Å². The van der Waals surface area contributed by atoms with Crippen molar-refractivity contribution >= 4 is 35.9 Å². The van der Waals surface area contributed by atoms with E-state index in [4.69, 9.17) is 4.74 Å². The molecule has 8 heteroatoms. The van der Waals surface area contributed by atoms with Gasteiger partial charge in [-0.2, -0.15) is 0 Å². The molecule has 146 valence electrons. The number of nitrogens with one attached hydrogen (secondary N) is 2. The smallest absolute Gasteiger partial charge is 0.306 e. The van der Waals surface area contributed by atoms with E-state index in [9.17, 15) is 13.6 Å². The number of nitrogens with zero attached hydrogens (tertiary/aromatic N) is 1. The predicted octanol–water partition coefficient (Wildman–Crippen LogP) is 3.51. The fraction of sp³-hybridized carbons (Fsp3) is 0.556. The van der Waals surface area contributed by atoms with E-state index in [0.717, 1.165) is 43.9 Å². The van der Waals surface area contributed by atoms with E-state index in [-0.39, 0.29) is 48.2 Å². The Kier molecular flexibility index (Phi) is 10.5. The highest BCUT2D eigenvalue weighted by molar-refractivity contribution is 14.0. The van der Waals surface area contributed by atoms with Crippen LogP contribution in [0.5, 0.6) is 0 Å². The number of rotatable bonds is 7. The number of hydrogen-bond donors (Lipinski definition) is 2. The first kappa shape index (κ1) is 22.6. The lowest BCUT2D eigenvalue weighted by Crippen LogP contribution is -2.37. The molecule has 0 bridgehead atoms. The Morgan fingerprint density at radius 1 is 1.27 bits per heavy atom. The molecule has 26 heavy (non-hydrogen) atoms. The topological polar surface area (TPSA) is 62.7 Å². The minimum Gasteiger partial charge on any atom is -0.462 e. The summed E-state index contributed by atoms with van der Waals surface area (Å²) in [4.78, 5) is 15.7. The molecule has 1 aromatic rings. The zero-order chi connectivity index (χ0) is 18.1. The highest BCUT2D eigenvalue weighted by Gasteiger charge is 2.18. The maximum Gasteiger partial charge on any atom is 0.306 e. The maximum atomic E-state index is 13.6. The fourth-order valence-electron chi connectivity index (χ4n) is 2.77.